The first-order valence-corrected chi connectivity index (χ1v) is 11.5. The number of rotatable bonds is 6. The van der Waals surface area contributed by atoms with E-state index in [1.165, 1.54) is 25.7 Å². The molecule has 4 atom stereocenters. The van der Waals surface area contributed by atoms with Gasteiger partial charge in [0.05, 0.1) is 31.0 Å². The van der Waals surface area contributed by atoms with Crippen LogP contribution in [-0.4, -0.2) is 31.2 Å². The van der Waals surface area contributed by atoms with Crippen molar-refractivity contribution in [1.82, 2.24) is 10.3 Å². The number of nitrogens with zero attached hydrogens (tertiary/aromatic N) is 1. The molecule has 0 aliphatic heterocycles. The number of methoxy groups -OCH3 is 2. The van der Waals surface area contributed by atoms with Crippen molar-refractivity contribution in [2.75, 3.05) is 14.2 Å². The molecule has 2 aliphatic carbocycles. The number of pyridine rings is 1. The Morgan fingerprint density at radius 3 is 2.62 bits per heavy atom. The number of nitrogens with one attached hydrogen (secondary N) is 1. The molecule has 1 heterocycles. The van der Waals surface area contributed by atoms with Gasteiger partial charge in [-0.1, -0.05) is 24.6 Å². The fourth-order valence-corrected chi connectivity index (χ4v) is 5.81. The zero-order chi connectivity index (χ0) is 22.2. The van der Waals surface area contributed by atoms with Gasteiger partial charge in [0.2, 0.25) is 0 Å². The number of fused-ring (bicyclic) bond motifs is 3. The molecule has 3 aromatic rings. The van der Waals surface area contributed by atoms with Crippen molar-refractivity contribution in [3.05, 3.63) is 54.1 Å². The molecule has 0 radical (unpaired) electrons. The highest BCUT2D eigenvalue weighted by Crippen LogP contribution is 2.49. The molecule has 2 fully saturated rings. The molecule has 2 bridgehead atoms. The van der Waals surface area contributed by atoms with E-state index in [-0.39, 0.29) is 11.9 Å². The summed E-state index contributed by atoms with van der Waals surface area (Å²) in [5.41, 5.74) is 2.98. The first kappa shape index (κ1) is 20.8. The van der Waals surface area contributed by atoms with Gasteiger partial charge in [-0.2, -0.15) is 0 Å². The minimum atomic E-state index is -0.0346. The molecule has 32 heavy (non-hydrogen) atoms. The lowest BCUT2D eigenvalue weighted by molar-refractivity contribution is 0.0917. The van der Waals surface area contributed by atoms with Gasteiger partial charge in [-0.15, -0.1) is 0 Å². The lowest BCUT2D eigenvalue weighted by Gasteiger charge is -2.28. The lowest BCUT2D eigenvalue weighted by Crippen LogP contribution is -2.40. The fourth-order valence-electron chi connectivity index (χ4n) is 5.81. The summed E-state index contributed by atoms with van der Waals surface area (Å²) < 4.78 is 10.9. The molecule has 0 unspecified atom stereocenters. The Bertz CT molecular complexity index is 1160. The summed E-state index contributed by atoms with van der Waals surface area (Å²) in [6, 6.07) is 15.5. The average molecular weight is 431 g/mol. The summed E-state index contributed by atoms with van der Waals surface area (Å²) in [5, 5.41) is 4.19. The van der Waals surface area contributed by atoms with Gasteiger partial charge in [-0.05, 0) is 68.2 Å². The standard InChI is InChI=1S/C27H30N2O3/c1-16(22-13-17-8-9-18(22)12-17)28-27(30)23-15-25(29-24-7-5-4-6-20(23)24)21-11-10-19(31-2)14-26(21)32-3/h4-7,10-11,14-18,22H,8-9,12-13H2,1-3H3,(H,28,30)/t16-,17+,18+,22-/m0/s1. The molecule has 2 aromatic carbocycles. The molecule has 0 spiro atoms. The van der Waals surface area contributed by atoms with Gasteiger partial charge in [-0.25, -0.2) is 4.98 Å². The van der Waals surface area contributed by atoms with Crippen LogP contribution in [0.4, 0.5) is 0 Å². The quantitative estimate of drug-likeness (QED) is 0.563. The number of aromatic nitrogens is 1. The van der Waals surface area contributed by atoms with E-state index in [0.717, 1.165) is 28.3 Å². The maximum atomic E-state index is 13.5. The third kappa shape index (κ3) is 3.70. The second-order valence-corrected chi connectivity index (χ2v) is 9.24. The minimum absolute atomic E-state index is 0.0346. The van der Waals surface area contributed by atoms with Crippen molar-refractivity contribution in [2.24, 2.45) is 17.8 Å². The number of ether oxygens (including phenoxy) is 2. The number of hydrogen-bond donors (Lipinski definition) is 1. The number of para-hydroxylation sites is 1. The van der Waals surface area contributed by atoms with Crippen LogP contribution in [-0.2, 0) is 0 Å². The maximum absolute atomic E-state index is 13.5. The van der Waals surface area contributed by atoms with E-state index in [2.05, 4.69) is 12.2 Å². The molecule has 5 rings (SSSR count). The van der Waals surface area contributed by atoms with Gasteiger partial charge in [0.25, 0.3) is 5.91 Å². The third-order valence-electron chi connectivity index (χ3n) is 7.44. The molecule has 5 nitrogen and oxygen atoms in total. The highest BCUT2D eigenvalue weighted by atomic mass is 16.5. The SMILES string of the molecule is COc1ccc(-c2cc(C(=O)N[C@@H](C)[C@@H]3C[C@@H]4CC[C@@H]3C4)c3ccccc3n2)c(OC)c1. The van der Waals surface area contributed by atoms with Gasteiger partial charge in [0.1, 0.15) is 11.5 Å². The van der Waals surface area contributed by atoms with E-state index in [1.807, 2.05) is 48.5 Å². The van der Waals surface area contributed by atoms with E-state index in [9.17, 15) is 4.79 Å². The van der Waals surface area contributed by atoms with Crippen LogP contribution in [0.25, 0.3) is 22.2 Å². The van der Waals surface area contributed by atoms with Crippen LogP contribution in [0.15, 0.2) is 48.5 Å². The predicted octanol–water partition coefficient (Wildman–Crippen LogP) is 5.47. The Morgan fingerprint density at radius 1 is 1.06 bits per heavy atom. The monoisotopic (exact) mass is 430 g/mol. The van der Waals surface area contributed by atoms with Crippen LogP contribution in [0, 0.1) is 17.8 Å². The van der Waals surface area contributed by atoms with E-state index < -0.39 is 0 Å². The summed E-state index contributed by atoms with van der Waals surface area (Å²) in [6.45, 7) is 2.17. The molecule has 1 N–H and O–H groups in total. The Labute approximate surface area is 189 Å². The summed E-state index contributed by atoms with van der Waals surface area (Å²) in [6.07, 6.45) is 5.26. The summed E-state index contributed by atoms with van der Waals surface area (Å²) in [7, 11) is 3.26. The largest absolute Gasteiger partial charge is 0.497 e. The third-order valence-corrected chi connectivity index (χ3v) is 7.44. The summed E-state index contributed by atoms with van der Waals surface area (Å²) in [4.78, 5) is 18.3. The van der Waals surface area contributed by atoms with Crippen LogP contribution in [0.2, 0.25) is 0 Å². The van der Waals surface area contributed by atoms with Gasteiger partial charge in [-0.3, -0.25) is 4.79 Å². The zero-order valence-electron chi connectivity index (χ0n) is 18.9. The molecule has 1 amide bonds. The first-order valence-electron chi connectivity index (χ1n) is 11.5. The van der Waals surface area contributed by atoms with Crippen molar-refractivity contribution in [3.8, 4) is 22.8 Å². The number of carbonyl (C=O) groups excluding carboxylic acids is 1. The Morgan fingerprint density at radius 2 is 1.91 bits per heavy atom. The minimum Gasteiger partial charge on any atom is -0.497 e. The lowest BCUT2D eigenvalue weighted by atomic mass is 9.84. The predicted molar refractivity (Wildman–Crippen MR) is 126 cm³/mol. The van der Waals surface area contributed by atoms with Gasteiger partial charge in [0.15, 0.2) is 0 Å². The Kier molecular flexibility index (Phi) is 5.50. The van der Waals surface area contributed by atoms with E-state index in [4.69, 9.17) is 14.5 Å². The van der Waals surface area contributed by atoms with Crippen molar-refractivity contribution in [2.45, 2.75) is 38.6 Å². The molecule has 2 saturated carbocycles. The Balaban J connectivity index is 1.51. The summed E-state index contributed by atoms with van der Waals surface area (Å²) >= 11 is 0. The second kappa shape index (κ2) is 8.45. The van der Waals surface area contributed by atoms with E-state index in [1.54, 1.807) is 14.2 Å². The molecule has 2 aliphatic rings. The van der Waals surface area contributed by atoms with Crippen molar-refractivity contribution < 1.29 is 14.3 Å². The zero-order valence-corrected chi connectivity index (χ0v) is 18.9. The smallest absolute Gasteiger partial charge is 0.252 e. The van der Waals surface area contributed by atoms with Crippen molar-refractivity contribution in [1.29, 1.82) is 0 Å². The van der Waals surface area contributed by atoms with E-state index in [0.29, 0.717) is 28.7 Å². The van der Waals surface area contributed by atoms with Gasteiger partial charge in [0, 0.05) is 23.1 Å². The first-order chi connectivity index (χ1) is 15.6. The molecular formula is C27H30N2O3. The normalized spacial score (nSPS) is 22.7. The average Bonchev–Trinajstić information content (AvgIpc) is 3.47. The topological polar surface area (TPSA) is 60.5 Å². The van der Waals surface area contributed by atoms with Crippen LogP contribution >= 0.6 is 0 Å². The molecule has 5 heteroatoms. The molecule has 166 valence electrons. The van der Waals surface area contributed by atoms with E-state index >= 15 is 0 Å². The number of amides is 1. The number of carbonyl (C=O) groups is 1. The molecular weight excluding hydrogens is 400 g/mol. The Hall–Kier alpha value is -3.08. The van der Waals surface area contributed by atoms with Gasteiger partial charge < -0.3 is 14.8 Å². The molecule has 1 aromatic heterocycles. The number of hydrogen-bond acceptors (Lipinski definition) is 4. The van der Waals surface area contributed by atoms with Crippen LogP contribution in [0.5, 0.6) is 11.5 Å². The van der Waals surface area contributed by atoms with Crippen molar-refractivity contribution in [3.63, 3.8) is 0 Å². The van der Waals surface area contributed by atoms with Crippen molar-refractivity contribution >= 4 is 16.8 Å². The second-order valence-electron chi connectivity index (χ2n) is 9.24. The van der Waals surface area contributed by atoms with Crippen LogP contribution < -0.4 is 14.8 Å². The summed E-state index contributed by atoms with van der Waals surface area (Å²) in [5.74, 6) is 3.56. The maximum Gasteiger partial charge on any atom is 0.252 e. The highest BCUT2D eigenvalue weighted by Gasteiger charge is 2.42. The van der Waals surface area contributed by atoms with Crippen LogP contribution in [0.3, 0.4) is 0 Å². The van der Waals surface area contributed by atoms with Gasteiger partial charge >= 0.3 is 0 Å². The van der Waals surface area contributed by atoms with Crippen LogP contribution in [0.1, 0.15) is 43.0 Å². The highest BCUT2D eigenvalue weighted by molar-refractivity contribution is 6.07. The fraction of sp³-hybridized carbons (Fsp3) is 0.407. The molecule has 0 saturated heterocycles. The number of benzene rings is 2.